The molecule has 3 heterocycles. The van der Waals surface area contributed by atoms with Crippen LogP contribution in [0.15, 0.2) is 6.20 Å². The van der Waals surface area contributed by atoms with E-state index in [1.54, 1.807) is 15.6 Å². The second-order valence-corrected chi connectivity index (χ2v) is 4.50. The van der Waals surface area contributed by atoms with Crippen LogP contribution >= 0.6 is 0 Å². The number of rotatable bonds is 3. The molecule has 0 bridgehead atoms. The second kappa shape index (κ2) is 4.53. The van der Waals surface area contributed by atoms with Crippen molar-refractivity contribution in [3.63, 3.8) is 0 Å². The summed E-state index contributed by atoms with van der Waals surface area (Å²) in [7, 11) is 1.82. The number of aromatic nitrogens is 7. The maximum absolute atomic E-state index is 5.51. The molecule has 0 saturated carbocycles. The van der Waals surface area contributed by atoms with Crippen molar-refractivity contribution in [2.75, 3.05) is 5.43 Å². The third-order valence-corrected chi connectivity index (χ3v) is 3.03. The van der Waals surface area contributed by atoms with Crippen molar-refractivity contribution in [2.24, 2.45) is 12.9 Å². The fraction of sp³-hybridized carbons (Fsp3) is 0.364. The Morgan fingerprint density at radius 1 is 1.25 bits per heavy atom. The Morgan fingerprint density at radius 2 is 2.05 bits per heavy atom. The molecule has 0 radical (unpaired) electrons. The van der Waals surface area contributed by atoms with Gasteiger partial charge < -0.3 is 5.43 Å². The first-order valence-electron chi connectivity index (χ1n) is 6.12. The normalized spacial score (nSPS) is 11.2. The lowest BCUT2D eigenvalue weighted by Gasteiger charge is -2.06. The van der Waals surface area contributed by atoms with Gasteiger partial charge in [0.15, 0.2) is 17.3 Å². The standard InChI is InChI=1S/C11H15N9/c1-6-14-7(2)20(18-6)5-9-15-10(17-12)8-4-13-19(3)11(8)16-9/h4H,5,12H2,1-3H3,(H,15,16,17). The smallest absolute Gasteiger partial charge is 0.163 e. The number of fused-ring (bicyclic) bond motifs is 1. The summed E-state index contributed by atoms with van der Waals surface area (Å²) < 4.78 is 3.44. The summed E-state index contributed by atoms with van der Waals surface area (Å²) in [5.41, 5.74) is 3.30. The summed E-state index contributed by atoms with van der Waals surface area (Å²) in [6.07, 6.45) is 1.68. The molecule has 0 spiro atoms. The molecule has 3 rings (SSSR count). The molecule has 0 atom stereocenters. The first-order valence-corrected chi connectivity index (χ1v) is 6.12. The minimum absolute atomic E-state index is 0.433. The van der Waals surface area contributed by atoms with E-state index in [-0.39, 0.29) is 0 Å². The highest BCUT2D eigenvalue weighted by Crippen LogP contribution is 2.18. The molecular formula is C11H15N9. The number of hydrogen-bond donors (Lipinski definition) is 2. The quantitative estimate of drug-likeness (QED) is 0.506. The summed E-state index contributed by atoms with van der Waals surface area (Å²) >= 11 is 0. The number of anilines is 1. The average molecular weight is 273 g/mol. The molecular weight excluding hydrogens is 258 g/mol. The lowest BCUT2D eigenvalue weighted by Crippen LogP contribution is -2.14. The van der Waals surface area contributed by atoms with E-state index >= 15 is 0 Å². The van der Waals surface area contributed by atoms with Gasteiger partial charge in [0.1, 0.15) is 18.2 Å². The Balaban J connectivity index is 2.07. The van der Waals surface area contributed by atoms with Crippen LogP contribution in [0, 0.1) is 13.8 Å². The van der Waals surface area contributed by atoms with Gasteiger partial charge in [-0.05, 0) is 13.8 Å². The van der Waals surface area contributed by atoms with Crippen LogP contribution in [-0.2, 0) is 13.6 Å². The zero-order valence-electron chi connectivity index (χ0n) is 11.5. The molecule has 0 aliphatic rings. The van der Waals surface area contributed by atoms with Crippen LogP contribution in [-0.4, -0.2) is 34.5 Å². The third kappa shape index (κ3) is 1.97. The topological polar surface area (TPSA) is 112 Å². The fourth-order valence-electron chi connectivity index (χ4n) is 2.09. The van der Waals surface area contributed by atoms with E-state index in [1.807, 2.05) is 20.9 Å². The number of nitrogens with two attached hydrogens (primary N) is 1. The zero-order chi connectivity index (χ0) is 14.3. The van der Waals surface area contributed by atoms with Gasteiger partial charge in [-0.25, -0.2) is 25.5 Å². The van der Waals surface area contributed by atoms with Crippen LogP contribution in [0.25, 0.3) is 11.0 Å². The lowest BCUT2D eigenvalue weighted by atomic mass is 10.4. The fourth-order valence-corrected chi connectivity index (χ4v) is 2.09. The molecule has 0 aliphatic heterocycles. The zero-order valence-corrected chi connectivity index (χ0v) is 11.5. The van der Waals surface area contributed by atoms with Gasteiger partial charge in [0.05, 0.1) is 11.6 Å². The molecule has 0 amide bonds. The van der Waals surface area contributed by atoms with Gasteiger partial charge in [-0.15, -0.1) is 0 Å². The van der Waals surface area contributed by atoms with E-state index in [4.69, 9.17) is 5.84 Å². The van der Waals surface area contributed by atoms with Gasteiger partial charge in [0.2, 0.25) is 0 Å². The summed E-state index contributed by atoms with van der Waals surface area (Å²) in [6.45, 7) is 4.18. The lowest BCUT2D eigenvalue weighted by molar-refractivity contribution is 0.630. The van der Waals surface area contributed by atoms with Crippen LogP contribution < -0.4 is 11.3 Å². The molecule has 0 aromatic carbocycles. The average Bonchev–Trinajstić information content (AvgIpc) is 2.93. The molecule has 0 fully saturated rings. The van der Waals surface area contributed by atoms with Crippen molar-refractivity contribution in [2.45, 2.75) is 20.4 Å². The van der Waals surface area contributed by atoms with E-state index in [2.05, 4.69) is 30.6 Å². The Morgan fingerprint density at radius 3 is 2.70 bits per heavy atom. The van der Waals surface area contributed by atoms with E-state index < -0.39 is 0 Å². The number of nitrogens with one attached hydrogen (secondary N) is 1. The summed E-state index contributed by atoms with van der Waals surface area (Å²) in [4.78, 5) is 13.1. The van der Waals surface area contributed by atoms with Crippen LogP contribution in [0.2, 0.25) is 0 Å². The number of nitrogens with zero attached hydrogens (tertiary/aromatic N) is 7. The summed E-state index contributed by atoms with van der Waals surface area (Å²) in [5, 5.41) is 9.24. The molecule has 9 heteroatoms. The second-order valence-electron chi connectivity index (χ2n) is 4.50. The molecule has 104 valence electrons. The molecule has 3 aromatic rings. The van der Waals surface area contributed by atoms with Crippen molar-refractivity contribution in [1.29, 1.82) is 0 Å². The first kappa shape index (κ1) is 12.5. The predicted octanol–water partition coefficient (Wildman–Crippen LogP) is -0.0945. The Kier molecular flexibility index (Phi) is 2.83. The predicted molar refractivity (Wildman–Crippen MR) is 72.7 cm³/mol. The monoisotopic (exact) mass is 273 g/mol. The summed E-state index contributed by atoms with van der Waals surface area (Å²) in [6, 6.07) is 0. The largest absolute Gasteiger partial charge is 0.308 e. The van der Waals surface area contributed by atoms with Gasteiger partial charge in [-0.3, -0.25) is 4.68 Å². The van der Waals surface area contributed by atoms with E-state index in [0.717, 1.165) is 22.7 Å². The molecule has 3 N–H and O–H groups in total. The number of nitrogen functional groups attached to an aromatic ring is 1. The SMILES string of the molecule is Cc1nc(C)n(Cc2nc(NN)c3cnn(C)c3n2)n1. The van der Waals surface area contributed by atoms with Crippen LogP contribution in [0.5, 0.6) is 0 Å². The van der Waals surface area contributed by atoms with Crippen molar-refractivity contribution < 1.29 is 0 Å². The Labute approximate surface area is 114 Å². The van der Waals surface area contributed by atoms with Crippen molar-refractivity contribution in [3.8, 4) is 0 Å². The summed E-state index contributed by atoms with van der Waals surface area (Å²) in [5.74, 6) is 8.20. The Hall–Kier alpha value is -2.55. The highest BCUT2D eigenvalue weighted by Gasteiger charge is 2.12. The maximum Gasteiger partial charge on any atom is 0.163 e. The van der Waals surface area contributed by atoms with Crippen molar-refractivity contribution in [3.05, 3.63) is 23.7 Å². The molecule has 9 nitrogen and oxygen atoms in total. The maximum atomic E-state index is 5.51. The minimum atomic E-state index is 0.433. The molecule has 0 aliphatic carbocycles. The van der Waals surface area contributed by atoms with E-state index in [9.17, 15) is 0 Å². The molecule has 0 unspecified atom stereocenters. The van der Waals surface area contributed by atoms with Gasteiger partial charge >= 0.3 is 0 Å². The van der Waals surface area contributed by atoms with Crippen molar-refractivity contribution >= 4 is 16.9 Å². The highest BCUT2D eigenvalue weighted by molar-refractivity contribution is 5.86. The number of hydrazine groups is 1. The van der Waals surface area contributed by atoms with Crippen LogP contribution in [0.4, 0.5) is 5.82 Å². The number of aryl methyl sites for hydroxylation is 3. The van der Waals surface area contributed by atoms with Gasteiger partial charge in [-0.1, -0.05) is 0 Å². The van der Waals surface area contributed by atoms with E-state index in [1.165, 1.54) is 0 Å². The number of hydrogen-bond acceptors (Lipinski definition) is 7. The minimum Gasteiger partial charge on any atom is -0.308 e. The van der Waals surface area contributed by atoms with Crippen molar-refractivity contribution in [1.82, 2.24) is 34.5 Å². The molecule has 20 heavy (non-hydrogen) atoms. The highest BCUT2D eigenvalue weighted by atomic mass is 15.4. The van der Waals surface area contributed by atoms with Crippen LogP contribution in [0.1, 0.15) is 17.5 Å². The van der Waals surface area contributed by atoms with E-state index in [0.29, 0.717) is 18.2 Å². The van der Waals surface area contributed by atoms with Crippen LogP contribution in [0.3, 0.4) is 0 Å². The van der Waals surface area contributed by atoms with Gasteiger partial charge in [0, 0.05) is 7.05 Å². The van der Waals surface area contributed by atoms with Gasteiger partial charge in [-0.2, -0.15) is 10.2 Å². The third-order valence-electron chi connectivity index (χ3n) is 3.03. The molecule has 0 saturated heterocycles. The van der Waals surface area contributed by atoms with Gasteiger partial charge in [0.25, 0.3) is 0 Å². The molecule has 3 aromatic heterocycles. The Bertz CT molecular complexity index is 770. The first-order chi connectivity index (χ1) is 9.58.